The molecule has 6 nitrogen and oxygen atoms in total. The van der Waals surface area contributed by atoms with E-state index in [1.54, 1.807) is 39.0 Å². The lowest BCUT2D eigenvalue weighted by Gasteiger charge is -2.28. The lowest BCUT2D eigenvalue weighted by Crippen LogP contribution is -2.41. The summed E-state index contributed by atoms with van der Waals surface area (Å²) in [4.78, 5) is 25.4. The van der Waals surface area contributed by atoms with Crippen LogP contribution in [0.3, 0.4) is 0 Å². The second kappa shape index (κ2) is 7.81. The van der Waals surface area contributed by atoms with Crippen LogP contribution in [0.25, 0.3) is 0 Å². The Morgan fingerprint density at radius 3 is 2.52 bits per heavy atom. The zero-order valence-corrected chi connectivity index (χ0v) is 15.8. The highest BCUT2D eigenvalue weighted by Gasteiger charge is 2.37. The minimum atomic E-state index is -1.06. The molecule has 0 spiro atoms. The molecule has 138 valence electrons. The average Bonchev–Trinajstić information content (AvgIpc) is 2.71. The molecule has 0 aliphatic carbocycles. The van der Waals surface area contributed by atoms with Gasteiger partial charge in [0.25, 0.3) is 0 Å². The van der Waals surface area contributed by atoms with Gasteiger partial charge in [0.1, 0.15) is 11.5 Å². The Bertz CT molecular complexity index is 659. The van der Waals surface area contributed by atoms with Gasteiger partial charge in [-0.25, -0.2) is 4.79 Å². The first kappa shape index (κ1) is 19.8. The second-order valence-corrected chi connectivity index (χ2v) is 7.65. The van der Waals surface area contributed by atoms with Crippen LogP contribution in [0, 0.1) is 5.92 Å². The molecular formula is C17H21Cl2NO5. The molecule has 1 unspecified atom stereocenters. The molecule has 1 fully saturated rings. The van der Waals surface area contributed by atoms with Gasteiger partial charge in [-0.3, -0.25) is 4.79 Å². The van der Waals surface area contributed by atoms with Crippen molar-refractivity contribution in [3.8, 4) is 0 Å². The Balaban J connectivity index is 2.24. The molecule has 0 radical (unpaired) electrons. The summed E-state index contributed by atoms with van der Waals surface area (Å²) >= 11 is 12.0. The number of nitrogens with zero attached hydrogens (tertiary/aromatic N) is 1. The van der Waals surface area contributed by atoms with Gasteiger partial charge in [0.05, 0.1) is 22.8 Å². The third kappa shape index (κ3) is 5.23. The largest absolute Gasteiger partial charge is 0.481 e. The Morgan fingerprint density at radius 2 is 1.96 bits per heavy atom. The summed E-state index contributed by atoms with van der Waals surface area (Å²) in [5.74, 6) is -2.02. The van der Waals surface area contributed by atoms with Crippen molar-refractivity contribution in [3.63, 3.8) is 0 Å². The van der Waals surface area contributed by atoms with Gasteiger partial charge in [0.15, 0.2) is 0 Å². The number of halogens is 2. The predicted molar refractivity (Wildman–Crippen MR) is 94.1 cm³/mol. The van der Waals surface area contributed by atoms with Gasteiger partial charge in [-0.05, 0) is 38.5 Å². The van der Waals surface area contributed by atoms with Gasteiger partial charge in [-0.15, -0.1) is 0 Å². The fourth-order valence-electron chi connectivity index (χ4n) is 2.55. The van der Waals surface area contributed by atoms with Crippen LogP contribution < -0.4 is 0 Å². The second-order valence-electron chi connectivity index (χ2n) is 6.84. The van der Waals surface area contributed by atoms with Crippen molar-refractivity contribution in [1.29, 1.82) is 0 Å². The molecule has 0 aromatic heterocycles. The van der Waals surface area contributed by atoms with E-state index in [0.717, 1.165) is 0 Å². The van der Waals surface area contributed by atoms with Crippen LogP contribution in [-0.2, 0) is 14.3 Å². The maximum atomic E-state index is 12.3. The van der Waals surface area contributed by atoms with Gasteiger partial charge < -0.3 is 19.5 Å². The van der Waals surface area contributed by atoms with E-state index in [1.807, 2.05) is 0 Å². The Labute approximate surface area is 156 Å². The summed E-state index contributed by atoms with van der Waals surface area (Å²) < 4.78 is 11.1. The SMILES string of the molecule is CC(C)(C)OC(=O)N1CCO[C@@H](c2ccc(Cl)c(Cl)c2)C(C(=O)O)C1. The number of benzene rings is 1. The number of carboxylic acid groups (broad SMARTS) is 1. The molecule has 2 atom stereocenters. The molecular weight excluding hydrogens is 369 g/mol. The molecule has 25 heavy (non-hydrogen) atoms. The van der Waals surface area contributed by atoms with Gasteiger partial charge in [0.2, 0.25) is 0 Å². The van der Waals surface area contributed by atoms with Crippen molar-refractivity contribution >= 4 is 35.3 Å². The maximum absolute atomic E-state index is 12.3. The topological polar surface area (TPSA) is 76.1 Å². The van der Waals surface area contributed by atoms with E-state index in [4.69, 9.17) is 32.7 Å². The molecule has 8 heteroatoms. The zero-order chi connectivity index (χ0) is 18.8. The summed E-state index contributed by atoms with van der Waals surface area (Å²) in [7, 11) is 0. The fraction of sp³-hybridized carbons (Fsp3) is 0.529. The third-order valence-corrected chi connectivity index (χ3v) is 4.42. The van der Waals surface area contributed by atoms with Gasteiger partial charge in [-0.1, -0.05) is 29.3 Å². The van der Waals surface area contributed by atoms with Gasteiger partial charge in [-0.2, -0.15) is 0 Å². The first-order valence-corrected chi connectivity index (χ1v) is 8.61. The summed E-state index contributed by atoms with van der Waals surface area (Å²) in [6.07, 6.45) is -1.29. The third-order valence-electron chi connectivity index (χ3n) is 3.68. The number of carbonyl (C=O) groups is 2. The normalized spacial score (nSPS) is 21.6. The quantitative estimate of drug-likeness (QED) is 0.826. The van der Waals surface area contributed by atoms with Crippen molar-refractivity contribution in [2.75, 3.05) is 19.7 Å². The van der Waals surface area contributed by atoms with E-state index < -0.39 is 29.7 Å². The Hall–Kier alpha value is -1.50. The van der Waals surface area contributed by atoms with Crippen molar-refractivity contribution in [1.82, 2.24) is 4.90 Å². The van der Waals surface area contributed by atoms with Crippen LogP contribution in [0.5, 0.6) is 0 Å². The summed E-state index contributed by atoms with van der Waals surface area (Å²) in [5.41, 5.74) is -0.0562. The number of hydrogen-bond donors (Lipinski definition) is 1. The monoisotopic (exact) mass is 389 g/mol. The molecule has 0 bridgehead atoms. The molecule has 1 aliphatic rings. The number of hydrogen-bond acceptors (Lipinski definition) is 4. The van der Waals surface area contributed by atoms with E-state index in [-0.39, 0.29) is 19.7 Å². The lowest BCUT2D eigenvalue weighted by atomic mass is 9.95. The average molecular weight is 390 g/mol. The minimum Gasteiger partial charge on any atom is -0.481 e. The predicted octanol–water partition coefficient (Wildman–Crippen LogP) is 4.00. The van der Waals surface area contributed by atoms with Crippen molar-refractivity contribution in [2.24, 2.45) is 5.92 Å². The van der Waals surface area contributed by atoms with Crippen molar-refractivity contribution in [2.45, 2.75) is 32.5 Å². The summed E-state index contributed by atoms with van der Waals surface area (Å²) in [5, 5.41) is 10.3. The molecule has 1 aliphatic heterocycles. The van der Waals surface area contributed by atoms with Crippen molar-refractivity contribution in [3.05, 3.63) is 33.8 Å². The van der Waals surface area contributed by atoms with Gasteiger partial charge >= 0.3 is 12.1 Å². The van der Waals surface area contributed by atoms with Crippen LogP contribution in [-0.4, -0.2) is 47.4 Å². The first-order valence-electron chi connectivity index (χ1n) is 7.86. The maximum Gasteiger partial charge on any atom is 0.410 e. The molecule has 0 saturated carbocycles. The Kier molecular flexibility index (Phi) is 6.19. The molecule has 1 amide bonds. The molecule has 1 aromatic rings. The lowest BCUT2D eigenvalue weighted by molar-refractivity contribution is -0.147. The van der Waals surface area contributed by atoms with Crippen LogP contribution >= 0.6 is 23.2 Å². The molecule has 1 N–H and O–H groups in total. The molecule has 1 saturated heterocycles. The Morgan fingerprint density at radius 1 is 1.28 bits per heavy atom. The number of rotatable bonds is 2. The highest BCUT2D eigenvalue weighted by atomic mass is 35.5. The van der Waals surface area contributed by atoms with E-state index >= 15 is 0 Å². The standard InChI is InChI=1S/C17H21Cl2NO5/c1-17(2,3)25-16(23)20-6-7-24-14(11(9-20)15(21)22)10-4-5-12(18)13(19)8-10/h4-5,8,11,14H,6-7,9H2,1-3H3,(H,21,22)/t11?,14-/m0/s1. The molecule has 1 heterocycles. The van der Waals surface area contributed by atoms with Crippen LogP contribution in [0.2, 0.25) is 10.0 Å². The van der Waals surface area contributed by atoms with Crippen LogP contribution in [0.1, 0.15) is 32.4 Å². The fourth-order valence-corrected chi connectivity index (χ4v) is 2.85. The number of ether oxygens (including phenoxy) is 2. The highest BCUT2D eigenvalue weighted by molar-refractivity contribution is 6.42. The number of carboxylic acids is 1. The van der Waals surface area contributed by atoms with Crippen molar-refractivity contribution < 1.29 is 24.2 Å². The van der Waals surface area contributed by atoms with E-state index in [9.17, 15) is 14.7 Å². The minimum absolute atomic E-state index is 0.0187. The highest BCUT2D eigenvalue weighted by Crippen LogP contribution is 2.33. The molecule has 1 aromatic carbocycles. The zero-order valence-electron chi connectivity index (χ0n) is 14.3. The number of carbonyl (C=O) groups excluding carboxylic acids is 1. The van der Waals surface area contributed by atoms with Crippen LogP contribution in [0.15, 0.2) is 18.2 Å². The van der Waals surface area contributed by atoms with E-state index in [1.165, 1.54) is 4.90 Å². The van der Waals surface area contributed by atoms with Crippen LogP contribution in [0.4, 0.5) is 4.79 Å². The van der Waals surface area contributed by atoms with Gasteiger partial charge in [0, 0.05) is 13.1 Å². The number of amides is 1. The first-order chi connectivity index (χ1) is 11.6. The molecule has 2 rings (SSSR count). The summed E-state index contributed by atoms with van der Waals surface area (Å²) in [6.45, 7) is 5.69. The van der Waals surface area contributed by atoms with E-state index in [0.29, 0.717) is 15.6 Å². The summed E-state index contributed by atoms with van der Waals surface area (Å²) in [6, 6.07) is 4.86. The number of aliphatic carboxylic acids is 1. The van der Waals surface area contributed by atoms with E-state index in [2.05, 4.69) is 0 Å². The smallest absolute Gasteiger partial charge is 0.410 e.